The van der Waals surface area contributed by atoms with E-state index in [4.69, 9.17) is 9.47 Å². The highest BCUT2D eigenvalue weighted by Crippen LogP contribution is 2.31. The van der Waals surface area contributed by atoms with Crippen molar-refractivity contribution >= 4 is 6.03 Å². The first-order valence-electron chi connectivity index (χ1n) is 10.5. The van der Waals surface area contributed by atoms with Crippen LogP contribution in [0.5, 0.6) is 11.5 Å². The molecule has 2 amide bonds. The third-order valence-corrected chi connectivity index (χ3v) is 6.09. The summed E-state index contributed by atoms with van der Waals surface area (Å²) in [6.45, 7) is 4.05. The Hall–Kier alpha value is -2.73. The van der Waals surface area contributed by atoms with E-state index in [1.807, 2.05) is 47.4 Å². The third-order valence-electron chi connectivity index (χ3n) is 6.09. The van der Waals surface area contributed by atoms with E-state index in [0.717, 1.165) is 50.5 Å². The number of fused-ring (bicyclic) bond motifs is 1. The van der Waals surface area contributed by atoms with Gasteiger partial charge < -0.3 is 19.7 Å². The Morgan fingerprint density at radius 3 is 2.66 bits per heavy atom. The molecule has 0 aromatic heterocycles. The number of piperidine rings is 1. The Labute approximate surface area is 171 Å². The van der Waals surface area contributed by atoms with Crippen molar-refractivity contribution in [2.75, 3.05) is 32.8 Å². The minimum Gasteiger partial charge on any atom is -0.486 e. The van der Waals surface area contributed by atoms with Gasteiger partial charge in [0.2, 0.25) is 0 Å². The zero-order chi connectivity index (χ0) is 19.6. The van der Waals surface area contributed by atoms with Gasteiger partial charge in [-0.05, 0) is 37.1 Å². The van der Waals surface area contributed by atoms with E-state index in [-0.39, 0.29) is 24.2 Å². The summed E-state index contributed by atoms with van der Waals surface area (Å²) in [5.74, 6) is 1.64. The first kappa shape index (κ1) is 18.3. The zero-order valence-electron chi connectivity index (χ0n) is 16.5. The fourth-order valence-corrected chi connectivity index (χ4v) is 4.64. The van der Waals surface area contributed by atoms with Crippen LogP contribution in [-0.4, -0.2) is 60.8 Å². The van der Waals surface area contributed by atoms with E-state index in [1.165, 1.54) is 5.56 Å². The smallest absolute Gasteiger partial charge is 0.318 e. The number of carbonyl (C=O) groups is 1. The minimum atomic E-state index is 0.0214. The summed E-state index contributed by atoms with van der Waals surface area (Å²) in [5, 5.41) is 3.15. The first-order chi connectivity index (χ1) is 14.3. The van der Waals surface area contributed by atoms with Crippen molar-refractivity contribution in [3.63, 3.8) is 0 Å². The number of carbonyl (C=O) groups excluding carboxylic acids is 1. The molecule has 0 unspecified atom stereocenters. The number of amides is 2. The Balaban J connectivity index is 1.20. The highest BCUT2D eigenvalue weighted by molar-refractivity contribution is 5.77. The second-order valence-corrected chi connectivity index (χ2v) is 8.12. The van der Waals surface area contributed by atoms with Gasteiger partial charge in [0.15, 0.2) is 11.5 Å². The van der Waals surface area contributed by atoms with Gasteiger partial charge in [-0.3, -0.25) is 4.90 Å². The molecule has 0 radical (unpaired) electrons. The molecule has 2 fully saturated rings. The van der Waals surface area contributed by atoms with Crippen LogP contribution < -0.4 is 14.8 Å². The topological polar surface area (TPSA) is 54.0 Å². The van der Waals surface area contributed by atoms with Crippen LogP contribution in [0.4, 0.5) is 4.79 Å². The van der Waals surface area contributed by atoms with Crippen molar-refractivity contribution in [2.24, 2.45) is 0 Å². The largest absolute Gasteiger partial charge is 0.486 e. The Bertz CT molecular complexity index is 859. The van der Waals surface area contributed by atoms with Crippen molar-refractivity contribution in [1.29, 1.82) is 0 Å². The lowest BCUT2D eigenvalue weighted by atomic mass is 10.0. The molecule has 0 aliphatic carbocycles. The van der Waals surface area contributed by atoms with Gasteiger partial charge in [-0.25, -0.2) is 4.79 Å². The molecule has 1 N–H and O–H groups in total. The molecule has 6 heteroatoms. The highest BCUT2D eigenvalue weighted by atomic mass is 16.6. The quantitative estimate of drug-likeness (QED) is 0.868. The number of urea groups is 1. The number of nitrogens with zero attached hydrogens (tertiary/aromatic N) is 2. The van der Waals surface area contributed by atoms with Crippen LogP contribution >= 0.6 is 0 Å². The molecule has 0 bridgehead atoms. The van der Waals surface area contributed by atoms with Gasteiger partial charge in [0.25, 0.3) is 0 Å². The summed E-state index contributed by atoms with van der Waals surface area (Å²) in [4.78, 5) is 17.1. The van der Waals surface area contributed by atoms with Crippen LogP contribution in [-0.2, 0) is 0 Å². The summed E-state index contributed by atoms with van der Waals surface area (Å²) in [5.41, 5.74) is 1.17. The fraction of sp³-hybridized carbons (Fsp3) is 0.435. The fourth-order valence-electron chi connectivity index (χ4n) is 4.64. The summed E-state index contributed by atoms with van der Waals surface area (Å²) < 4.78 is 12.0. The number of rotatable bonds is 4. The standard InChI is InChI=1S/C23H27N3O3/c27-23-24-20(17-7-2-1-3-8-17)15-26(23)18-9-6-12-25(13-18)14-19-16-28-21-10-4-5-11-22(21)29-19/h1-5,7-8,10-11,18-20H,6,9,12-16H2,(H,24,27)/t18-,19-,20-/m0/s1. The Morgan fingerprint density at radius 1 is 1.00 bits per heavy atom. The maximum Gasteiger partial charge on any atom is 0.318 e. The first-order valence-corrected chi connectivity index (χ1v) is 10.5. The van der Waals surface area contributed by atoms with Gasteiger partial charge in [-0.1, -0.05) is 42.5 Å². The molecule has 2 aromatic rings. The average molecular weight is 393 g/mol. The number of benzene rings is 2. The van der Waals surface area contributed by atoms with E-state index in [2.05, 4.69) is 22.3 Å². The molecule has 0 saturated carbocycles. The zero-order valence-corrected chi connectivity index (χ0v) is 16.5. The molecular weight excluding hydrogens is 366 g/mol. The number of para-hydroxylation sites is 2. The SMILES string of the molecule is O=C1N[C@H](c2ccccc2)CN1[C@H]1CCCN(C[C@H]2COc3ccccc3O2)C1. The van der Waals surface area contributed by atoms with Crippen LogP contribution in [0.2, 0.25) is 0 Å². The maximum absolute atomic E-state index is 12.6. The second-order valence-electron chi connectivity index (χ2n) is 8.12. The molecule has 3 aliphatic heterocycles. The average Bonchev–Trinajstić information content (AvgIpc) is 3.16. The number of likely N-dealkylation sites (tertiary alicyclic amines) is 1. The Morgan fingerprint density at radius 2 is 1.79 bits per heavy atom. The van der Waals surface area contributed by atoms with Crippen molar-refractivity contribution in [1.82, 2.24) is 15.1 Å². The van der Waals surface area contributed by atoms with Gasteiger partial charge in [0.1, 0.15) is 12.7 Å². The molecule has 0 spiro atoms. The van der Waals surface area contributed by atoms with Crippen LogP contribution in [0.25, 0.3) is 0 Å². The van der Waals surface area contributed by atoms with E-state index in [1.54, 1.807) is 0 Å². The summed E-state index contributed by atoms with van der Waals surface area (Å²) in [7, 11) is 0. The van der Waals surface area contributed by atoms with Crippen molar-refractivity contribution in [2.45, 2.75) is 31.0 Å². The number of ether oxygens (including phenoxy) is 2. The Kier molecular flexibility index (Phi) is 5.02. The van der Waals surface area contributed by atoms with Gasteiger partial charge in [-0.2, -0.15) is 0 Å². The van der Waals surface area contributed by atoms with Crippen molar-refractivity contribution < 1.29 is 14.3 Å². The lowest BCUT2D eigenvalue weighted by Crippen LogP contribution is -2.52. The van der Waals surface area contributed by atoms with Crippen LogP contribution in [0.3, 0.4) is 0 Å². The lowest BCUT2D eigenvalue weighted by Gasteiger charge is -2.39. The summed E-state index contributed by atoms with van der Waals surface area (Å²) >= 11 is 0. The van der Waals surface area contributed by atoms with Crippen LogP contribution in [0.15, 0.2) is 54.6 Å². The molecule has 5 rings (SSSR count). The summed E-state index contributed by atoms with van der Waals surface area (Å²) in [6, 6.07) is 18.4. The van der Waals surface area contributed by atoms with E-state index < -0.39 is 0 Å². The molecule has 6 nitrogen and oxygen atoms in total. The maximum atomic E-state index is 12.6. The van der Waals surface area contributed by atoms with E-state index in [9.17, 15) is 4.79 Å². The minimum absolute atomic E-state index is 0.0214. The predicted octanol–water partition coefficient (Wildman–Crippen LogP) is 3.06. The van der Waals surface area contributed by atoms with Crippen molar-refractivity contribution in [3.05, 3.63) is 60.2 Å². The van der Waals surface area contributed by atoms with Gasteiger partial charge in [0.05, 0.1) is 6.04 Å². The predicted molar refractivity (Wildman–Crippen MR) is 110 cm³/mol. The molecule has 29 heavy (non-hydrogen) atoms. The van der Waals surface area contributed by atoms with Gasteiger partial charge in [0, 0.05) is 25.7 Å². The monoisotopic (exact) mass is 393 g/mol. The molecule has 2 saturated heterocycles. The molecule has 2 aromatic carbocycles. The normalized spacial score (nSPS) is 27.0. The molecular formula is C23H27N3O3. The third kappa shape index (κ3) is 3.90. The van der Waals surface area contributed by atoms with Crippen molar-refractivity contribution in [3.8, 4) is 11.5 Å². The van der Waals surface area contributed by atoms with Crippen LogP contribution in [0.1, 0.15) is 24.4 Å². The number of hydrogen-bond donors (Lipinski definition) is 1. The lowest BCUT2D eigenvalue weighted by molar-refractivity contribution is 0.0402. The number of nitrogens with one attached hydrogen (secondary N) is 1. The van der Waals surface area contributed by atoms with Gasteiger partial charge in [-0.15, -0.1) is 0 Å². The number of hydrogen-bond acceptors (Lipinski definition) is 4. The highest BCUT2D eigenvalue weighted by Gasteiger charge is 2.37. The molecule has 152 valence electrons. The molecule has 3 atom stereocenters. The van der Waals surface area contributed by atoms with E-state index in [0.29, 0.717) is 6.61 Å². The van der Waals surface area contributed by atoms with E-state index >= 15 is 0 Å². The van der Waals surface area contributed by atoms with Gasteiger partial charge >= 0.3 is 6.03 Å². The van der Waals surface area contributed by atoms with Crippen LogP contribution in [0, 0.1) is 0 Å². The summed E-state index contributed by atoms with van der Waals surface area (Å²) in [6.07, 6.45) is 2.17. The second kappa shape index (κ2) is 7.95. The molecule has 3 heterocycles. The molecule has 3 aliphatic rings.